The molecule has 0 spiro atoms. The number of cyclic esters (lactones) is 1. The van der Waals surface area contributed by atoms with Crippen LogP contribution < -0.4 is 0 Å². The second-order valence-electron chi connectivity index (χ2n) is 4.51. The molecule has 0 aromatic rings. The Balaban J connectivity index is 1.88. The summed E-state index contributed by atoms with van der Waals surface area (Å²) in [7, 11) is 1.67. The van der Waals surface area contributed by atoms with E-state index in [1.54, 1.807) is 7.11 Å². The number of aliphatic hydroxyl groups is 1. The van der Waals surface area contributed by atoms with E-state index in [0.29, 0.717) is 19.4 Å². The predicted molar refractivity (Wildman–Crippen MR) is 53.2 cm³/mol. The quantitative estimate of drug-likeness (QED) is 0.553. The van der Waals surface area contributed by atoms with Crippen molar-refractivity contribution in [2.75, 3.05) is 13.7 Å². The molecule has 4 nitrogen and oxygen atoms in total. The van der Waals surface area contributed by atoms with Crippen LogP contribution in [0, 0.1) is 11.8 Å². The highest BCUT2D eigenvalue weighted by Gasteiger charge is 2.49. The first-order valence-electron chi connectivity index (χ1n) is 5.60. The molecule has 2 rings (SSSR count). The fourth-order valence-electron chi connectivity index (χ4n) is 2.75. The van der Waals surface area contributed by atoms with Crippen LogP contribution in [0.1, 0.15) is 25.7 Å². The van der Waals surface area contributed by atoms with Crippen LogP contribution in [0.2, 0.25) is 0 Å². The van der Waals surface area contributed by atoms with Crippen molar-refractivity contribution < 1.29 is 19.4 Å². The highest BCUT2D eigenvalue weighted by atomic mass is 16.6. The number of rotatable bonds is 4. The maximum Gasteiger partial charge on any atom is 0.309 e. The van der Waals surface area contributed by atoms with Crippen LogP contribution in [0.15, 0.2) is 0 Å². The molecule has 1 saturated heterocycles. The maximum atomic E-state index is 11.5. The topological polar surface area (TPSA) is 55.8 Å². The van der Waals surface area contributed by atoms with Gasteiger partial charge in [0.2, 0.25) is 0 Å². The van der Waals surface area contributed by atoms with E-state index in [0.717, 1.165) is 12.8 Å². The molecule has 2 fully saturated rings. The third-order valence-electron chi connectivity index (χ3n) is 3.47. The molecule has 0 bridgehead atoms. The fourth-order valence-corrected chi connectivity index (χ4v) is 2.75. The number of carbonyl (C=O) groups excluding carboxylic acids is 1. The van der Waals surface area contributed by atoms with Gasteiger partial charge in [0, 0.05) is 19.6 Å². The van der Waals surface area contributed by atoms with E-state index in [1.807, 2.05) is 0 Å². The molecule has 1 saturated carbocycles. The third-order valence-corrected chi connectivity index (χ3v) is 3.47. The Morgan fingerprint density at radius 1 is 1.53 bits per heavy atom. The summed E-state index contributed by atoms with van der Waals surface area (Å²) in [5, 5.41) is 9.51. The molecule has 0 amide bonds. The first kappa shape index (κ1) is 10.9. The van der Waals surface area contributed by atoms with E-state index in [1.165, 1.54) is 0 Å². The SMILES string of the molecule is COCCC[C@H]1OC(=O)[C@H]2C[C@@H](O)C[C@H]21. The lowest BCUT2D eigenvalue weighted by Gasteiger charge is -2.15. The van der Waals surface area contributed by atoms with E-state index < -0.39 is 0 Å². The summed E-state index contributed by atoms with van der Waals surface area (Å²) in [6.07, 6.45) is 2.77. The van der Waals surface area contributed by atoms with Crippen LogP contribution in [-0.4, -0.2) is 37.0 Å². The molecule has 4 heteroatoms. The highest BCUT2D eigenvalue weighted by molar-refractivity contribution is 5.75. The fraction of sp³-hybridized carbons (Fsp3) is 0.909. The van der Waals surface area contributed by atoms with E-state index in [4.69, 9.17) is 9.47 Å². The zero-order valence-electron chi connectivity index (χ0n) is 9.02. The smallest absolute Gasteiger partial charge is 0.309 e. The average Bonchev–Trinajstić information content (AvgIpc) is 2.69. The predicted octanol–water partition coefficient (Wildman–Crippen LogP) is 0.726. The molecular formula is C11H18O4. The van der Waals surface area contributed by atoms with Crippen LogP contribution in [0.25, 0.3) is 0 Å². The molecule has 4 atom stereocenters. The van der Waals surface area contributed by atoms with Crippen LogP contribution >= 0.6 is 0 Å². The monoisotopic (exact) mass is 214 g/mol. The van der Waals surface area contributed by atoms with Gasteiger partial charge in [0.05, 0.1) is 12.0 Å². The van der Waals surface area contributed by atoms with Crippen molar-refractivity contribution in [2.24, 2.45) is 11.8 Å². The first-order valence-corrected chi connectivity index (χ1v) is 5.60. The van der Waals surface area contributed by atoms with Gasteiger partial charge >= 0.3 is 5.97 Å². The molecule has 2 aliphatic rings. The number of esters is 1. The number of fused-ring (bicyclic) bond motifs is 1. The van der Waals surface area contributed by atoms with Crippen LogP contribution in [-0.2, 0) is 14.3 Å². The Morgan fingerprint density at radius 2 is 2.33 bits per heavy atom. The Hall–Kier alpha value is -0.610. The molecule has 1 aliphatic heterocycles. The number of methoxy groups -OCH3 is 1. The van der Waals surface area contributed by atoms with Gasteiger partial charge < -0.3 is 14.6 Å². The summed E-state index contributed by atoms with van der Waals surface area (Å²) >= 11 is 0. The van der Waals surface area contributed by atoms with Gasteiger partial charge in [-0.05, 0) is 25.7 Å². The van der Waals surface area contributed by atoms with Gasteiger partial charge in [-0.1, -0.05) is 0 Å². The Labute approximate surface area is 89.6 Å². The van der Waals surface area contributed by atoms with Crippen molar-refractivity contribution in [3.8, 4) is 0 Å². The summed E-state index contributed by atoms with van der Waals surface area (Å²) < 4.78 is 10.3. The summed E-state index contributed by atoms with van der Waals surface area (Å²) in [6, 6.07) is 0. The maximum absolute atomic E-state index is 11.5. The normalized spacial score (nSPS) is 39.2. The van der Waals surface area contributed by atoms with Gasteiger partial charge in [-0.15, -0.1) is 0 Å². The van der Waals surface area contributed by atoms with Crippen LogP contribution in [0.3, 0.4) is 0 Å². The van der Waals surface area contributed by atoms with E-state index in [-0.39, 0.29) is 30.0 Å². The Morgan fingerprint density at radius 3 is 3.07 bits per heavy atom. The van der Waals surface area contributed by atoms with Gasteiger partial charge in [-0.3, -0.25) is 4.79 Å². The first-order chi connectivity index (χ1) is 7.22. The van der Waals surface area contributed by atoms with Crippen molar-refractivity contribution in [3.05, 3.63) is 0 Å². The number of hydrogen-bond acceptors (Lipinski definition) is 4. The molecule has 0 aromatic carbocycles. The number of hydrogen-bond donors (Lipinski definition) is 1. The molecule has 1 heterocycles. The van der Waals surface area contributed by atoms with Crippen molar-refractivity contribution >= 4 is 5.97 Å². The molecule has 0 radical (unpaired) electrons. The third kappa shape index (κ3) is 2.16. The lowest BCUT2D eigenvalue weighted by atomic mass is 9.92. The zero-order valence-corrected chi connectivity index (χ0v) is 9.02. The molecule has 1 aliphatic carbocycles. The standard InChI is InChI=1S/C11H18O4/c1-14-4-2-3-10-8-5-7(12)6-9(8)11(13)15-10/h7-10,12H,2-6H2,1H3/t7-,8+,9-,10+/m0/s1. The zero-order chi connectivity index (χ0) is 10.8. The highest BCUT2D eigenvalue weighted by Crippen LogP contribution is 2.42. The molecular weight excluding hydrogens is 196 g/mol. The largest absolute Gasteiger partial charge is 0.462 e. The van der Waals surface area contributed by atoms with Crippen LogP contribution in [0.5, 0.6) is 0 Å². The summed E-state index contributed by atoms with van der Waals surface area (Å²) in [5.74, 6) is 0.0795. The van der Waals surface area contributed by atoms with Gasteiger partial charge in [0.25, 0.3) is 0 Å². The summed E-state index contributed by atoms with van der Waals surface area (Å²) in [4.78, 5) is 11.5. The van der Waals surface area contributed by atoms with Crippen molar-refractivity contribution in [3.63, 3.8) is 0 Å². The summed E-state index contributed by atoms with van der Waals surface area (Å²) in [5.41, 5.74) is 0. The minimum Gasteiger partial charge on any atom is -0.462 e. The van der Waals surface area contributed by atoms with Crippen molar-refractivity contribution in [1.82, 2.24) is 0 Å². The molecule has 1 N–H and O–H groups in total. The minimum atomic E-state index is -0.308. The molecule has 86 valence electrons. The minimum absolute atomic E-state index is 0.00907. The molecule has 0 aromatic heterocycles. The average molecular weight is 214 g/mol. The van der Waals surface area contributed by atoms with Gasteiger partial charge in [-0.2, -0.15) is 0 Å². The van der Waals surface area contributed by atoms with Crippen LogP contribution in [0.4, 0.5) is 0 Å². The van der Waals surface area contributed by atoms with Crippen molar-refractivity contribution in [2.45, 2.75) is 37.9 Å². The second-order valence-corrected chi connectivity index (χ2v) is 4.51. The van der Waals surface area contributed by atoms with E-state index >= 15 is 0 Å². The van der Waals surface area contributed by atoms with Gasteiger partial charge in [0.1, 0.15) is 6.10 Å². The second kappa shape index (κ2) is 4.49. The Bertz CT molecular complexity index is 241. The molecule has 0 unspecified atom stereocenters. The van der Waals surface area contributed by atoms with E-state index in [2.05, 4.69) is 0 Å². The van der Waals surface area contributed by atoms with Gasteiger partial charge in [-0.25, -0.2) is 0 Å². The summed E-state index contributed by atoms with van der Waals surface area (Å²) in [6.45, 7) is 0.702. The molecule has 15 heavy (non-hydrogen) atoms. The number of aliphatic hydroxyl groups excluding tert-OH is 1. The van der Waals surface area contributed by atoms with Gasteiger partial charge in [0.15, 0.2) is 0 Å². The lowest BCUT2D eigenvalue weighted by Crippen LogP contribution is -2.18. The lowest BCUT2D eigenvalue weighted by molar-refractivity contribution is -0.145. The van der Waals surface area contributed by atoms with E-state index in [9.17, 15) is 9.90 Å². The Kier molecular flexibility index (Phi) is 3.26. The van der Waals surface area contributed by atoms with Crippen molar-refractivity contribution in [1.29, 1.82) is 0 Å². The number of ether oxygens (including phenoxy) is 2. The number of carbonyl (C=O) groups is 1.